The molecule has 72 valence electrons. The van der Waals surface area contributed by atoms with E-state index in [1.54, 1.807) is 6.92 Å². The Morgan fingerprint density at radius 3 is 1.77 bits per heavy atom. The van der Waals surface area contributed by atoms with Crippen LogP contribution in [0.4, 0.5) is 0 Å². The van der Waals surface area contributed by atoms with Crippen LogP contribution in [0.5, 0.6) is 0 Å². The molecule has 0 saturated carbocycles. The van der Waals surface area contributed by atoms with E-state index in [4.69, 9.17) is 0 Å². The highest BCUT2D eigenvalue weighted by Gasteiger charge is 2.54. The van der Waals surface area contributed by atoms with Gasteiger partial charge in [-0.15, -0.1) is 35.3 Å². The summed E-state index contributed by atoms with van der Waals surface area (Å²) in [6.45, 7) is 1.80. The summed E-state index contributed by atoms with van der Waals surface area (Å²) < 4.78 is 2.17. The van der Waals surface area contributed by atoms with Crippen LogP contribution in [0.25, 0.3) is 0 Å². The minimum absolute atomic E-state index is 0.0990. The van der Waals surface area contributed by atoms with Gasteiger partial charge >= 0.3 is 0 Å². The van der Waals surface area contributed by atoms with Gasteiger partial charge in [0.2, 0.25) is 0 Å². The molecule has 4 bridgehead atoms. The first-order chi connectivity index (χ1) is 6.18. The summed E-state index contributed by atoms with van der Waals surface area (Å²) in [5.74, 6) is 0.452. The molecule has 13 heavy (non-hydrogen) atoms. The van der Waals surface area contributed by atoms with E-state index in [2.05, 4.69) is 35.3 Å². The van der Waals surface area contributed by atoms with Gasteiger partial charge in [0.05, 0.1) is 13.7 Å². The van der Waals surface area contributed by atoms with E-state index < -0.39 is 0 Å². The Labute approximate surface area is 91.2 Å². The maximum absolute atomic E-state index is 11.7. The fraction of sp³-hybridized carbons (Fsp3) is 0.889. The van der Waals surface area contributed by atoms with Crippen molar-refractivity contribution in [2.75, 3.05) is 0 Å². The smallest absolute Gasteiger partial charge is 0.136 e. The van der Waals surface area contributed by atoms with Crippen LogP contribution in [-0.2, 0) is 4.79 Å². The van der Waals surface area contributed by atoms with Gasteiger partial charge in [-0.2, -0.15) is 0 Å². The van der Waals surface area contributed by atoms with E-state index in [1.807, 2.05) is 0 Å². The van der Waals surface area contributed by atoms with Crippen LogP contribution in [-0.4, -0.2) is 19.5 Å². The molecule has 0 aliphatic carbocycles. The van der Waals surface area contributed by atoms with Gasteiger partial charge in [-0.1, -0.05) is 0 Å². The van der Waals surface area contributed by atoms with Crippen molar-refractivity contribution in [1.82, 2.24) is 0 Å². The first-order valence-corrected chi connectivity index (χ1v) is 7.48. The second kappa shape index (κ2) is 2.86. The Kier molecular flexibility index (Phi) is 1.98. The molecular weight excluding hydrogens is 220 g/mol. The second-order valence-electron chi connectivity index (χ2n) is 4.15. The van der Waals surface area contributed by atoms with Crippen LogP contribution >= 0.6 is 35.3 Å². The molecule has 0 aromatic heterocycles. The largest absolute Gasteiger partial charge is 0.299 e. The lowest BCUT2D eigenvalue weighted by atomic mass is 9.75. The molecule has 4 heteroatoms. The lowest BCUT2D eigenvalue weighted by molar-refractivity contribution is -0.127. The van der Waals surface area contributed by atoms with Gasteiger partial charge in [-0.3, -0.25) is 4.79 Å². The zero-order valence-electron chi connectivity index (χ0n) is 7.49. The van der Waals surface area contributed by atoms with E-state index in [0.29, 0.717) is 5.78 Å². The van der Waals surface area contributed by atoms with Gasteiger partial charge in [0.15, 0.2) is 0 Å². The van der Waals surface area contributed by atoms with E-state index in [9.17, 15) is 4.79 Å². The van der Waals surface area contributed by atoms with Crippen molar-refractivity contribution >= 4 is 41.1 Å². The number of Topliss-reactive ketones (excluding diaryl/α,β-unsaturated/α-hetero) is 1. The molecule has 4 heterocycles. The summed E-state index contributed by atoms with van der Waals surface area (Å²) >= 11 is 6.29. The summed E-state index contributed by atoms with van der Waals surface area (Å²) in [5, 5.41) is 0. The average Bonchev–Trinajstić information content (AvgIpc) is 2.00. The van der Waals surface area contributed by atoms with Crippen LogP contribution in [0.2, 0.25) is 0 Å². The van der Waals surface area contributed by atoms with Crippen molar-refractivity contribution in [1.29, 1.82) is 0 Å². The molecule has 4 aliphatic rings. The summed E-state index contributed by atoms with van der Waals surface area (Å²) in [6, 6.07) is 0. The third-order valence-electron chi connectivity index (χ3n) is 3.33. The molecule has 0 amide bonds. The molecule has 0 radical (unpaired) electrons. The zero-order valence-corrected chi connectivity index (χ0v) is 9.94. The molecule has 1 nitrogen and oxygen atoms in total. The number of rotatable bonds is 1. The Balaban J connectivity index is 1.95. The fourth-order valence-electron chi connectivity index (χ4n) is 2.53. The van der Waals surface area contributed by atoms with E-state index in [-0.39, 0.29) is 5.41 Å². The van der Waals surface area contributed by atoms with Crippen LogP contribution in [0.1, 0.15) is 26.2 Å². The van der Waals surface area contributed by atoms with Crippen LogP contribution in [0, 0.1) is 5.41 Å². The molecule has 4 rings (SSSR count). The predicted molar refractivity (Wildman–Crippen MR) is 61.1 cm³/mol. The topological polar surface area (TPSA) is 17.1 Å². The predicted octanol–water partition coefficient (Wildman–Crippen LogP) is 2.95. The molecule has 0 spiro atoms. The van der Waals surface area contributed by atoms with Crippen molar-refractivity contribution in [3.63, 3.8) is 0 Å². The highest BCUT2D eigenvalue weighted by atomic mass is 32.3. The lowest BCUT2D eigenvalue weighted by Crippen LogP contribution is -2.48. The highest BCUT2D eigenvalue weighted by molar-refractivity contribution is 8.33. The molecule has 0 aromatic carbocycles. The maximum atomic E-state index is 11.7. The molecule has 4 saturated heterocycles. The van der Waals surface area contributed by atoms with E-state index >= 15 is 0 Å². The molecule has 0 unspecified atom stereocenters. The Morgan fingerprint density at radius 1 is 1.08 bits per heavy atom. The third-order valence-corrected chi connectivity index (χ3v) is 8.15. The standard InChI is InChI=1S/C9H12OS3/c1-5(10)9-2-6-11-7(3-9)13-8(4-9)12-6/h6-8H,2-4H2,1H3. The monoisotopic (exact) mass is 232 g/mol. The van der Waals surface area contributed by atoms with Crippen molar-refractivity contribution in [3.05, 3.63) is 0 Å². The van der Waals surface area contributed by atoms with Gasteiger partial charge in [-0.05, 0) is 26.2 Å². The second-order valence-corrected chi connectivity index (χ2v) is 9.27. The molecule has 4 aliphatic heterocycles. The SMILES string of the molecule is CC(=O)C12CC3SC(C1)SC(C2)S3. The number of thioether (sulfide) groups is 3. The molecule has 0 aromatic rings. The Bertz CT molecular complexity index is 228. The van der Waals surface area contributed by atoms with Crippen LogP contribution in [0.3, 0.4) is 0 Å². The first kappa shape index (κ1) is 8.98. The van der Waals surface area contributed by atoms with Crippen molar-refractivity contribution < 1.29 is 4.79 Å². The average molecular weight is 232 g/mol. The summed E-state index contributed by atoms with van der Waals surface area (Å²) in [6.07, 6.45) is 3.43. The van der Waals surface area contributed by atoms with E-state index in [0.717, 1.165) is 33.0 Å². The first-order valence-electron chi connectivity index (χ1n) is 4.65. The quantitative estimate of drug-likeness (QED) is 0.691. The molecule has 0 N–H and O–H groups in total. The van der Waals surface area contributed by atoms with Crippen molar-refractivity contribution in [2.45, 2.75) is 39.9 Å². The summed E-state index contributed by atoms with van der Waals surface area (Å²) in [4.78, 5) is 11.7. The van der Waals surface area contributed by atoms with Gasteiger partial charge in [0.1, 0.15) is 5.78 Å². The van der Waals surface area contributed by atoms with Gasteiger partial charge in [0.25, 0.3) is 0 Å². The summed E-state index contributed by atoms with van der Waals surface area (Å²) in [7, 11) is 0. The molecule has 0 atom stereocenters. The lowest BCUT2D eigenvalue weighted by Gasteiger charge is -2.54. The Hall–Kier alpha value is 0.720. The van der Waals surface area contributed by atoms with Gasteiger partial charge in [0, 0.05) is 5.41 Å². The third kappa shape index (κ3) is 1.29. The normalized spacial score (nSPS) is 52.5. The van der Waals surface area contributed by atoms with E-state index in [1.165, 1.54) is 0 Å². The number of carbonyl (C=O) groups is 1. The number of hydrogen-bond acceptors (Lipinski definition) is 4. The Morgan fingerprint density at radius 2 is 1.46 bits per heavy atom. The van der Waals surface area contributed by atoms with Crippen LogP contribution in [0.15, 0.2) is 0 Å². The molecule has 4 fully saturated rings. The zero-order chi connectivity index (χ0) is 9.05. The number of carbonyl (C=O) groups excluding carboxylic acids is 1. The number of ketones is 1. The number of hydrogen-bond donors (Lipinski definition) is 0. The van der Waals surface area contributed by atoms with Gasteiger partial charge < -0.3 is 0 Å². The van der Waals surface area contributed by atoms with Crippen molar-refractivity contribution in [2.24, 2.45) is 5.41 Å². The van der Waals surface area contributed by atoms with Crippen molar-refractivity contribution in [3.8, 4) is 0 Å². The minimum atomic E-state index is 0.0990. The summed E-state index contributed by atoms with van der Waals surface area (Å²) in [5.41, 5.74) is 0.0990. The minimum Gasteiger partial charge on any atom is -0.299 e. The fourth-order valence-corrected chi connectivity index (χ4v) is 9.86. The van der Waals surface area contributed by atoms with Crippen LogP contribution < -0.4 is 0 Å². The maximum Gasteiger partial charge on any atom is 0.136 e. The molecular formula is C9H12OS3. The van der Waals surface area contributed by atoms with Gasteiger partial charge in [-0.25, -0.2) is 0 Å². The highest BCUT2D eigenvalue weighted by Crippen LogP contribution is 2.66.